The number of aryl methyl sites for hydroxylation is 1. The van der Waals surface area contributed by atoms with Crippen LogP contribution in [-0.2, 0) is 19.0 Å². The van der Waals surface area contributed by atoms with Gasteiger partial charge in [0.05, 0.1) is 17.4 Å². The van der Waals surface area contributed by atoms with Crippen molar-refractivity contribution in [1.29, 1.82) is 0 Å². The van der Waals surface area contributed by atoms with Crippen molar-refractivity contribution in [2.24, 2.45) is 0 Å². The predicted octanol–water partition coefficient (Wildman–Crippen LogP) is 3.90. The molecule has 0 spiro atoms. The van der Waals surface area contributed by atoms with Crippen LogP contribution in [0.1, 0.15) is 40.8 Å². The quantitative estimate of drug-likeness (QED) is 0.622. The monoisotopic (exact) mass is 444 g/mol. The van der Waals surface area contributed by atoms with Gasteiger partial charge in [0.15, 0.2) is 0 Å². The van der Waals surface area contributed by atoms with Gasteiger partial charge in [0.25, 0.3) is 5.91 Å². The summed E-state index contributed by atoms with van der Waals surface area (Å²) in [5.74, 6) is -0.799. The smallest absolute Gasteiger partial charge is 0.342 e. The molecule has 13 heteroatoms. The number of carbonyl (C=O) groups is 1. The number of hydrogen-bond acceptors (Lipinski definition) is 4. The van der Waals surface area contributed by atoms with E-state index in [0.29, 0.717) is 31.3 Å². The molecule has 0 aliphatic carbocycles. The minimum absolute atomic E-state index is 0.207. The van der Waals surface area contributed by atoms with Gasteiger partial charge in [-0.2, -0.15) is 28.1 Å². The molecular weight excluding hydrogens is 430 g/mol. The number of amides is 1. The number of hydrogen-bond donors (Lipinski definition) is 1. The third kappa shape index (κ3) is 4.25. The molecule has 0 radical (unpaired) electrons. The molecule has 1 aliphatic heterocycles. The van der Waals surface area contributed by atoms with Crippen LogP contribution in [-0.4, -0.2) is 30.5 Å². The highest BCUT2D eigenvalue weighted by Gasteiger charge is 2.34. The summed E-state index contributed by atoms with van der Waals surface area (Å²) < 4.78 is 78.1. The highest BCUT2D eigenvalue weighted by molar-refractivity contribution is 5.92. The lowest BCUT2D eigenvalue weighted by atomic mass is 10.0. The van der Waals surface area contributed by atoms with Crippen molar-refractivity contribution in [3.8, 4) is 11.3 Å². The van der Waals surface area contributed by atoms with Crippen LogP contribution in [0.25, 0.3) is 11.3 Å². The number of aromatic nitrogens is 5. The molecule has 1 aliphatic rings. The molecule has 4 rings (SSSR count). The maximum Gasteiger partial charge on any atom is 0.504 e. The van der Waals surface area contributed by atoms with E-state index in [2.05, 4.69) is 20.5 Å². The second kappa shape index (κ2) is 7.39. The zero-order valence-corrected chi connectivity index (χ0v) is 15.6. The van der Waals surface area contributed by atoms with Gasteiger partial charge in [0.1, 0.15) is 11.4 Å². The zero-order valence-electron chi connectivity index (χ0n) is 15.6. The molecule has 0 bridgehead atoms. The Labute approximate surface area is 170 Å². The highest BCUT2D eigenvalue weighted by atomic mass is 19.4. The normalized spacial score (nSPS) is 16.8. The van der Waals surface area contributed by atoms with Gasteiger partial charge in [0.2, 0.25) is 0 Å². The fourth-order valence-electron chi connectivity index (χ4n) is 3.33. The number of alkyl halides is 6. The number of carbonyl (C=O) groups excluding carboxylic acids is 1. The van der Waals surface area contributed by atoms with E-state index >= 15 is 0 Å². The van der Waals surface area contributed by atoms with Gasteiger partial charge in [-0.25, -0.2) is 0 Å². The summed E-state index contributed by atoms with van der Waals surface area (Å²) in [5.41, 5.74) is -0.446. The standard InChI is InChI=1S/C18H14F6N6O/c19-17(20,21)15-8-10(3-5-25-15)13-9-14-11(2-1-6-29(14)27-13)26-16(31)12-4-7-30(28-12)18(22,23)24/h3-5,7-9,11H,1-2,6H2,(H,26,31)/t11-/m0/s1. The molecule has 0 unspecified atom stereocenters. The topological polar surface area (TPSA) is 77.6 Å². The molecule has 7 nitrogen and oxygen atoms in total. The summed E-state index contributed by atoms with van der Waals surface area (Å²) in [6.45, 7) is 0.488. The van der Waals surface area contributed by atoms with Crippen LogP contribution in [0.4, 0.5) is 26.3 Å². The Morgan fingerprint density at radius 2 is 1.87 bits per heavy atom. The third-order valence-corrected chi connectivity index (χ3v) is 4.76. The first-order valence-electron chi connectivity index (χ1n) is 9.07. The van der Waals surface area contributed by atoms with Gasteiger partial charge in [-0.1, -0.05) is 0 Å². The van der Waals surface area contributed by atoms with Crippen LogP contribution in [0.15, 0.2) is 36.7 Å². The van der Waals surface area contributed by atoms with E-state index < -0.39 is 35.8 Å². The Kier molecular flexibility index (Phi) is 4.98. The Morgan fingerprint density at radius 1 is 1.10 bits per heavy atom. The SMILES string of the molecule is O=C(N[C@H]1CCCn2nc(-c3ccnc(C(F)(F)F)c3)cc21)c1ccn(C(F)(F)F)n1. The van der Waals surface area contributed by atoms with Crippen LogP contribution in [0, 0.1) is 0 Å². The minimum Gasteiger partial charge on any atom is -0.342 e. The van der Waals surface area contributed by atoms with E-state index in [-0.39, 0.29) is 15.9 Å². The Morgan fingerprint density at radius 3 is 2.55 bits per heavy atom. The van der Waals surface area contributed by atoms with Crippen molar-refractivity contribution in [2.45, 2.75) is 37.9 Å². The number of nitrogens with one attached hydrogen (secondary N) is 1. The third-order valence-electron chi connectivity index (χ3n) is 4.76. The van der Waals surface area contributed by atoms with Crippen molar-refractivity contribution >= 4 is 5.91 Å². The molecule has 3 aromatic heterocycles. The lowest BCUT2D eigenvalue weighted by Gasteiger charge is -2.24. The average molecular weight is 444 g/mol. The maximum absolute atomic E-state index is 12.9. The van der Waals surface area contributed by atoms with Gasteiger partial charge in [-0.15, -0.1) is 13.2 Å². The molecule has 164 valence electrons. The van der Waals surface area contributed by atoms with Crippen LogP contribution in [0.2, 0.25) is 0 Å². The van der Waals surface area contributed by atoms with Crippen LogP contribution in [0.3, 0.4) is 0 Å². The number of rotatable bonds is 3. The summed E-state index contributed by atoms with van der Waals surface area (Å²) in [6, 6.07) is 4.19. The van der Waals surface area contributed by atoms with Crippen molar-refractivity contribution in [1.82, 2.24) is 29.9 Å². The Balaban J connectivity index is 1.57. The Bertz CT molecular complexity index is 1120. The van der Waals surface area contributed by atoms with Crippen LogP contribution in [0.5, 0.6) is 0 Å². The maximum atomic E-state index is 12.9. The molecular formula is C18H14F6N6O. The minimum atomic E-state index is -4.74. The van der Waals surface area contributed by atoms with Gasteiger partial charge in [0, 0.05) is 24.5 Å². The summed E-state index contributed by atoms with van der Waals surface area (Å²) in [7, 11) is 0. The van der Waals surface area contributed by atoms with E-state index in [4.69, 9.17) is 0 Å². The lowest BCUT2D eigenvalue weighted by molar-refractivity contribution is -0.212. The highest BCUT2D eigenvalue weighted by Crippen LogP contribution is 2.33. The molecule has 4 heterocycles. The van der Waals surface area contributed by atoms with E-state index in [1.807, 2.05) is 0 Å². The second-order valence-corrected chi connectivity index (χ2v) is 6.89. The van der Waals surface area contributed by atoms with Gasteiger partial charge >= 0.3 is 12.5 Å². The van der Waals surface area contributed by atoms with Crippen molar-refractivity contribution < 1.29 is 31.1 Å². The summed E-state index contributed by atoms with van der Waals surface area (Å²) in [6.07, 6.45) is -6.57. The van der Waals surface area contributed by atoms with Gasteiger partial charge in [-0.05, 0) is 37.1 Å². The van der Waals surface area contributed by atoms with E-state index in [1.54, 1.807) is 10.7 Å². The number of pyridine rings is 1. The first-order chi connectivity index (χ1) is 14.5. The fraction of sp³-hybridized carbons (Fsp3) is 0.333. The predicted molar refractivity (Wildman–Crippen MR) is 93.4 cm³/mol. The molecule has 1 atom stereocenters. The van der Waals surface area contributed by atoms with Crippen LogP contribution >= 0.6 is 0 Å². The van der Waals surface area contributed by atoms with Crippen molar-refractivity contribution in [3.63, 3.8) is 0 Å². The molecule has 0 aromatic carbocycles. The molecule has 3 aromatic rings. The Hall–Kier alpha value is -3.38. The van der Waals surface area contributed by atoms with Crippen molar-refractivity contribution in [2.75, 3.05) is 0 Å². The van der Waals surface area contributed by atoms with Gasteiger partial charge < -0.3 is 5.32 Å². The first-order valence-corrected chi connectivity index (χ1v) is 9.07. The number of fused-ring (bicyclic) bond motifs is 1. The molecule has 0 saturated carbocycles. The largest absolute Gasteiger partial charge is 0.504 e. The van der Waals surface area contributed by atoms with Gasteiger partial charge in [-0.3, -0.25) is 14.5 Å². The van der Waals surface area contributed by atoms with Crippen molar-refractivity contribution in [3.05, 3.63) is 53.7 Å². The second-order valence-electron chi connectivity index (χ2n) is 6.89. The summed E-state index contributed by atoms with van der Waals surface area (Å²) >= 11 is 0. The number of halogens is 6. The summed E-state index contributed by atoms with van der Waals surface area (Å²) in [5, 5.41) is 10.2. The molecule has 1 amide bonds. The molecule has 31 heavy (non-hydrogen) atoms. The summed E-state index contributed by atoms with van der Waals surface area (Å²) in [4.78, 5) is 15.7. The molecule has 0 saturated heterocycles. The average Bonchev–Trinajstić information content (AvgIpc) is 3.35. The first kappa shape index (κ1) is 20.9. The van der Waals surface area contributed by atoms with E-state index in [0.717, 1.165) is 18.3 Å². The van der Waals surface area contributed by atoms with E-state index in [1.165, 1.54) is 6.07 Å². The van der Waals surface area contributed by atoms with Crippen LogP contribution < -0.4 is 5.32 Å². The lowest BCUT2D eigenvalue weighted by Crippen LogP contribution is -2.33. The fourth-order valence-corrected chi connectivity index (χ4v) is 3.33. The zero-order chi connectivity index (χ0) is 22.4. The van der Waals surface area contributed by atoms with E-state index in [9.17, 15) is 31.1 Å². The molecule has 0 fully saturated rings. The molecule has 1 N–H and O–H groups in total. The number of nitrogens with zero attached hydrogens (tertiary/aromatic N) is 5.